The van der Waals surface area contributed by atoms with Gasteiger partial charge in [0.2, 0.25) is 0 Å². The van der Waals surface area contributed by atoms with Crippen molar-refractivity contribution in [2.45, 2.75) is 0 Å². The molecule has 2 aliphatic heterocycles. The summed E-state index contributed by atoms with van der Waals surface area (Å²) in [5.41, 5.74) is 1.18. The second kappa shape index (κ2) is 11.2. The Hall–Kier alpha value is -1.27. The standard InChI is InChI=1S/C19H31N5O3S.HI/c1-20-19(21-6-7-22-12-14-28(25,26)15-13-22)24-10-8-23(9-11-24)17-4-3-5-18(16-17)27-2;/h3-5,16H,6-15H2,1-2H3,(H,20,21);1H. The van der Waals surface area contributed by atoms with Crippen LogP contribution in [-0.2, 0) is 9.84 Å². The van der Waals surface area contributed by atoms with Crippen LogP contribution in [0.3, 0.4) is 0 Å². The molecule has 2 fully saturated rings. The van der Waals surface area contributed by atoms with Gasteiger partial charge in [-0.2, -0.15) is 0 Å². The van der Waals surface area contributed by atoms with E-state index >= 15 is 0 Å². The molecule has 2 heterocycles. The smallest absolute Gasteiger partial charge is 0.193 e. The highest BCUT2D eigenvalue weighted by molar-refractivity contribution is 14.0. The fourth-order valence-electron chi connectivity index (χ4n) is 3.62. The molecule has 0 bridgehead atoms. The molecule has 2 aliphatic rings. The molecule has 2 saturated heterocycles. The zero-order valence-electron chi connectivity index (χ0n) is 17.2. The summed E-state index contributed by atoms with van der Waals surface area (Å²) in [4.78, 5) is 11.3. The molecular formula is C19H32IN5O3S. The van der Waals surface area contributed by atoms with E-state index in [4.69, 9.17) is 4.74 Å². The lowest BCUT2D eigenvalue weighted by Crippen LogP contribution is -2.53. The molecule has 0 aliphatic carbocycles. The first kappa shape index (κ1) is 24.0. The molecule has 0 aromatic heterocycles. The van der Waals surface area contributed by atoms with Crippen LogP contribution < -0.4 is 15.0 Å². The minimum atomic E-state index is -2.82. The number of hydrogen-bond acceptors (Lipinski definition) is 6. The first-order valence-electron chi connectivity index (χ1n) is 9.78. The fraction of sp³-hybridized carbons (Fsp3) is 0.632. The fourth-order valence-corrected chi connectivity index (χ4v) is 4.89. The number of aliphatic imine (C=N–C) groups is 1. The van der Waals surface area contributed by atoms with Crippen molar-refractivity contribution in [2.24, 2.45) is 4.99 Å². The van der Waals surface area contributed by atoms with Gasteiger partial charge in [0.1, 0.15) is 5.75 Å². The molecule has 0 saturated carbocycles. The van der Waals surface area contributed by atoms with Crippen molar-refractivity contribution < 1.29 is 13.2 Å². The van der Waals surface area contributed by atoms with E-state index in [9.17, 15) is 8.42 Å². The van der Waals surface area contributed by atoms with Gasteiger partial charge in [0.25, 0.3) is 0 Å². The Morgan fingerprint density at radius 2 is 1.83 bits per heavy atom. The van der Waals surface area contributed by atoms with Crippen LogP contribution in [0.1, 0.15) is 0 Å². The lowest BCUT2D eigenvalue weighted by molar-refractivity contribution is 0.296. The number of hydrogen-bond donors (Lipinski definition) is 1. The maximum atomic E-state index is 11.5. The number of halogens is 1. The number of benzene rings is 1. The summed E-state index contributed by atoms with van der Waals surface area (Å²) in [5.74, 6) is 2.33. The number of anilines is 1. The van der Waals surface area contributed by atoms with Gasteiger partial charge in [-0.25, -0.2) is 8.42 Å². The average molecular weight is 537 g/mol. The van der Waals surface area contributed by atoms with Crippen LogP contribution in [0.25, 0.3) is 0 Å². The van der Waals surface area contributed by atoms with Crippen LogP contribution in [0.2, 0.25) is 0 Å². The monoisotopic (exact) mass is 537 g/mol. The Morgan fingerprint density at radius 3 is 2.45 bits per heavy atom. The number of methoxy groups -OCH3 is 1. The number of sulfone groups is 1. The summed E-state index contributed by atoms with van der Waals surface area (Å²) < 4.78 is 28.4. The van der Waals surface area contributed by atoms with Gasteiger partial charge in [0, 0.05) is 71.2 Å². The van der Waals surface area contributed by atoms with Crippen LogP contribution in [0.5, 0.6) is 5.75 Å². The van der Waals surface area contributed by atoms with Crippen molar-refractivity contribution in [3.63, 3.8) is 0 Å². The molecule has 29 heavy (non-hydrogen) atoms. The largest absolute Gasteiger partial charge is 0.497 e. The average Bonchev–Trinajstić information content (AvgIpc) is 2.72. The van der Waals surface area contributed by atoms with Gasteiger partial charge in [-0.05, 0) is 12.1 Å². The number of ether oxygens (including phenoxy) is 1. The lowest BCUT2D eigenvalue weighted by Gasteiger charge is -2.38. The molecule has 0 unspecified atom stereocenters. The van der Waals surface area contributed by atoms with Crippen molar-refractivity contribution in [3.8, 4) is 5.75 Å². The topological polar surface area (TPSA) is 77.5 Å². The summed E-state index contributed by atoms with van der Waals surface area (Å²) in [5, 5.41) is 3.43. The van der Waals surface area contributed by atoms with E-state index in [0.29, 0.717) is 13.1 Å². The minimum Gasteiger partial charge on any atom is -0.497 e. The second-order valence-electron chi connectivity index (χ2n) is 7.14. The number of nitrogens with zero attached hydrogens (tertiary/aromatic N) is 4. The van der Waals surface area contributed by atoms with Gasteiger partial charge in [-0.15, -0.1) is 24.0 Å². The van der Waals surface area contributed by atoms with E-state index in [-0.39, 0.29) is 35.5 Å². The van der Waals surface area contributed by atoms with E-state index in [1.54, 1.807) is 7.11 Å². The van der Waals surface area contributed by atoms with Gasteiger partial charge in [0.05, 0.1) is 18.6 Å². The maximum absolute atomic E-state index is 11.5. The predicted molar refractivity (Wildman–Crippen MR) is 129 cm³/mol. The minimum absolute atomic E-state index is 0. The number of piperazine rings is 1. The van der Waals surface area contributed by atoms with Crippen LogP contribution in [0, 0.1) is 0 Å². The second-order valence-corrected chi connectivity index (χ2v) is 9.45. The third-order valence-corrected chi connectivity index (χ3v) is 6.97. The Balaban J connectivity index is 0.00000300. The van der Waals surface area contributed by atoms with E-state index in [2.05, 4.69) is 37.1 Å². The van der Waals surface area contributed by atoms with Gasteiger partial charge in [-0.1, -0.05) is 6.07 Å². The highest BCUT2D eigenvalue weighted by Crippen LogP contribution is 2.22. The molecule has 3 rings (SSSR count). The molecule has 0 spiro atoms. The van der Waals surface area contributed by atoms with Crippen LogP contribution >= 0.6 is 24.0 Å². The first-order chi connectivity index (χ1) is 13.5. The Labute approximate surface area is 191 Å². The molecule has 1 aromatic rings. The molecule has 164 valence electrons. The summed E-state index contributed by atoms with van der Waals surface area (Å²) in [6, 6.07) is 8.17. The summed E-state index contributed by atoms with van der Waals surface area (Å²) in [6.45, 7) is 6.51. The highest BCUT2D eigenvalue weighted by Gasteiger charge is 2.22. The summed E-state index contributed by atoms with van der Waals surface area (Å²) in [7, 11) is 0.682. The Morgan fingerprint density at radius 1 is 1.14 bits per heavy atom. The van der Waals surface area contributed by atoms with Crippen LogP contribution in [0.15, 0.2) is 29.3 Å². The molecule has 0 atom stereocenters. The van der Waals surface area contributed by atoms with E-state index < -0.39 is 9.84 Å². The van der Waals surface area contributed by atoms with E-state index in [1.165, 1.54) is 5.69 Å². The van der Waals surface area contributed by atoms with Crippen molar-refractivity contribution in [1.29, 1.82) is 0 Å². The van der Waals surface area contributed by atoms with Gasteiger partial charge >= 0.3 is 0 Å². The third-order valence-electron chi connectivity index (χ3n) is 5.36. The molecule has 1 N–H and O–H groups in total. The van der Waals surface area contributed by atoms with Crippen LogP contribution in [-0.4, -0.2) is 102 Å². The molecule has 8 nitrogen and oxygen atoms in total. The maximum Gasteiger partial charge on any atom is 0.193 e. The molecular weight excluding hydrogens is 505 g/mol. The first-order valence-corrected chi connectivity index (χ1v) is 11.6. The van der Waals surface area contributed by atoms with E-state index in [0.717, 1.165) is 51.0 Å². The van der Waals surface area contributed by atoms with Crippen LogP contribution in [0.4, 0.5) is 5.69 Å². The molecule has 0 radical (unpaired) electrons. The molecule has 0 amide bonds. The molecule has 1 aromatic carbocycles. The van der Waals surface area contributed by atoms with Crippen molar-refractivity contribution in [1.82, 2.24) is 15.1 Å². The third kappa shape index (κ3) is 6.88. The van der Waals surface area contributed by atoms with Crippen molar-refractivity contribution in [2.75, 3.05) is 82.9 Å². The zero-order valence-corrected chi connectivity index (χ0v) is 20.4. The number of rotatable bonds is 5. The van der Waals surface area contributed by atoms with Gasteiger partial charge in [-0.3, -0.25) is 9.89 Å². The van der Waals surface area contributed by atoms with Gasteiger partial charge in [0.15, 0.2) is 15.8 Å². The van der Waals surface area contributed by atoms with E-state index in [1.807, 2.05) is 19.2 Å². The number of guanidine groups is 1. The molecule has 10 heteroatoms. The van der Waals surface area contributed by atoms with Crippen molar-refractivity contribution >= 4 is 45.5 Å². The highest BCUT2D eigenvalue weighted by atomic mass is 127. The Kier molecular flexibility index (Phi) is 9.28. The lowest BCUT2D eigenvalue weighted by atomic mass is 10.2. The zero-order chi connectivity index (χ0) is 20.0. The van der Waals surface area contributed by atoms with Gasteiger partial charge < -0.3 is 19.9 Å². The Bertz CT molecular complexity index is 768. The normalized spacial score (nSPS) is 20.1. The predicted octanol–water partition coefficient (Wildman–Crippen LogP) is 0.741. The number of nitrogens with one attached hydrogen (secondary N) is 1. The SMILES string of the molecule is CN=C(NCCN1CCS(=O)(=O)CC1)N1CCN(c2cccc(OC)c2)CC1.I. The summed E-state index contributed by atoms with van der Waals surface area (Å²) >= 11 is 0. The summed E-state index contributed by atoms with van der Waals surface area (Å²) in [6.07, 6.45) is 0. The van der Waals surface area contributed by atoms with Crippen molar-refractivity contribution in [3.05, 3.63) is 24.3 Å². The quantitative estimate of drug-likeness (QED) is 0.338.